The van der Waals surface area contributed by atoms with E-state index in [0.29, 0.717) is 12.5 Å². The predicted octanol–water partition coefficient (Wildman–Crippen LogP) is 2.15. The molecule has 0 bridgehead atoms. The first-order chi connectivity index (χ1) is 11.6. The minimum absolute atomic E-state index is 0.0478. The molecule has 1 aliphatic rings. The molecule has 0 aromatic heterocycles. The van der Waals surface area contributed by atoms with Gasteiger partial charge in [0.05, 0.1) is 6.10 Å². The van der Waals surface area contributed by atoms with Gasteiger partial charge in [-0.3, -0.25) is 4.79 Å². The summed E-state index contributed by atoms with van der Waals surface area (Å²) in [6, 6.07) is 7.92. The van der Waals surface area contributed by atoms with Gasteiger partial charge < -0.3 is 20.1 Å². The summed E-state index contributed by atoms with van der Waals surface area (Å²) in [6.07, 6.45) is 2.53. The molecule has 24 heavy (non-hydrogen) atoms. The highest BCUT2D eigenvalue weighted by Gasteiger charge is 2.16. The van der Waals surface area contributed by atoms with Crippen LogP contribution in [0.3, 0.4) is 0 Å². The van der Waals surface area contributed by atoms with Crippen LogP contribution in [0, 0.1) is 0 Å². The number of aliphatic hydroxyl groups excluding tert-OH is 1. The second-order valence-electron chi connectivity index (χ2n) is 6.56. The van der Waals surface area contributed by atoms with Gasteiger partial charge in [0.1, 0.15) is 5.75 Å². The van der Waals surface area contributed by atoms with E-state index in [1.165, 1.54) is 0 Å². The summed E-state index contributed by atoms with van der Waals surface area (Å²) in [5, 5.41) is 12.4. The number of nitrogens with one attached hydrogen (secondary N) is 1. The Morgan fingerprint density at radius 3 is 2.79 bits per heavy atom. The van der Waals surface area contributed by atoms with E-state index in [0.717, 1.165) is 50.2 Å². The Balaban J connectivity index is 1.70. The van der Waals surface area contributed by atoms with E-state index >= 15 is 0 Å². The molecule has 5 heteroatoms. The molecular formula is C19H30N2O3. The number of rotatable bonds is 8. The molecule has 0 spiro atoms. The van der Waals surface area contributed by atoms with Crippen molar-refractivity contribution in [2.24, 2.45) is 0 Å². The minimum atomic E-state index is -0.158. The van der Waals surface area contributed by atoms with Crippen LogP contribution in [-0.2, 0) is 4.79 Å². The number of hydrogen-bond acceptors (Lipinski definition) is 4. The molecule has 2 N–H and O–H groups in total. The van der Waals surface area contributed by atoms with Crippen molar-refractivity contribution in [2.75, 3.05) is 32.8 Å². The van der Waals surface area contributed by atoms with Gasteiger partial charge in [0.15, 0.2) is 6.61 Å². The second-order valence-corrected chi connectivity index (χ2v) is 6.56. The maximum atomic E-state index is 12.0. The second kappa shape index (κ2) is 9.64. The van der Waals surface area contributed by atoms with Crippen LogP contribution in [0.4, 0.5) is 0 Å². The number of likely N-dealkylation sites (tertiary alicyclic amines) is 1. The van der Waals surface area contributed by atoms with Gasteiger partial charge in [-0.1, -0.05) is 32.0 Å². The number of carbonyl (C=O) groups excluding carboxylic acids is 1. The van der Waals surface area contributed by atoms with Crippen molar-refractivity contribution < 1.29 is 14.6 Å². The highest BCUT2D eigenvalue weighted by Crippen LogP contribution is 2.28. The Labute approximate surface area is 145 Å². The van der Waals surface area contributed by atoms with Crippen molar-refractivity contribution in [3.63, 3.8) is 0 Å². The number of benzene rings is 1. The van der Waals surface area contributed by atoms with E-state index in [1.54, 1.807) is 0 Å². The van der Waals surface area contributed by atoms with Crippen LogP contribution in [-0.4, -0.2) is 54.8 Å². The van der Waals surface area contributed by atoms with Gasteiger partial charge in [-0.25, -0.2) is 0 Å². The molecule has 0 radical (unpaired) electrons. The lowest BCUT2D eigenvalue weighted by atomic mass is 9.98. The fourth-order valence-corrected chi connectivity index (χ4v) is 2.93. The number of aliphatic hydroxyl groups is 1. The Morgan fingerprint density at radius 2 is 2.08 bits per heavy atom. The van der Waals surface area contributed by atoms with E-state index in [4.69, 9.17) is 4.74 Å². The van der Waals surface area contributed by atoms with Gasteiger partial charge >= 0.3 is 0 Å². The molecule has 134 valence electrons. The third-order valence-electron chi connectivity index (χ3n) is 4.73. The number of para-hydroxylation sites is 1. The third kappa shape index (κ3) is 5.80. The SMILES string of the molecule is CCC(C)c1ccccc1OCC(=O)NCCN1CCC(O)CC1. The normalized spacial score (nSPS) is 17.5. The summed E-state index contributed by atoms with van der Waals surface area (Å²) >= 11 is 0. The van der Waals surface area contributed by atoms with Crippen LogP contribution in [0.2, 0.25) is 0 Å². The van der Waals surface area contributed by atoms with Crippen LogP contribution in [0.25, 0.3) is 0 Å². The van der Waals surface area contributed by atoms with E-state index in [2.05, 4.69) is 30.1 Å². The lowest BCUT2D eigenvalue weighted by Crippen LogP contribution is -2.41. The van der Waals surface area contributed by atoms with Crippen molar-refractivity contribution in [3.8, 4) is 5.75 Å². The number of piperidine rings is 1. The molecule has 1 fully saturated rings. The number of amides is 1. The first kappa shape index (κ1) is 18.7. The Bertz CT molecular complexity index is 513. The average molecular weight is 334 g/mol. The Hall–Kier alpha value is -1.59. The van der Waals surface area contributed by atoms with Gasteiger partial charge in [-0.2, -0.15) is 0 Å². The van der Waals surface area contributed by atoms with E-state index in [-0.39, 0.29) is 18.6 Å². The van der Waals surface area contributed by atoms with Gasteiger partial charge in [-0.15, -0.1) is 0 Å². The average Bonchev–Trinajstić information content (AvgIpc) is 2.61. The van der Waals surface area contributed by atoms with Gasteiger partial charge in [0.2, 0.25) is 0 Å². The molecular weight excluding hydrogens is 304 g/mol. The first-order valence-corrected chi connectivity index (χ1v) is 8.99. The molecule has 2 rings (SSSR count). The van der Waals surface area contributed by atoms with Crippen LogP contribution in [0.5, 0.6) is 5.75 Å². The molecule has 1 aromatic rings. The Kier molecular flexibility index (Phi) is 7.53. The summed E-state index contributed by atoms with van der Waals surface area (Å²) in [5.41, 5.74) is 1.15. The minimum Gasteiger partial charge on any atom is -0.483 e. The molecule has 1 atom stereocenters. The van der Waals surface area contributed by atoms with Crippen LogP contribution < -0.4 is 10.1 Å². The first-order valence-electron chi connectivity index (χ1n) is 8.99. The molecule has 1 aliphatic heterocycles. The van der Waals surface area contributed by atoms with E-state index in [1.807, 2.05) is 18.2 Å². The summed E-state index contributed by atoms with van der Waals surface area (Å²) in [6.45, 7) is 7.59. The quantitative estimate of drug-likeness (QED) is 0.765. The van der Waals surface area contributed by atoms with Gasteiger partial charge in [0, 0.05) is 26.2 Å². The summed E-state index contributed by atoms with van der Waals surface area (Å²) in [7, 11) is 0. The molecule has 0 aliphatic carbocycles. The molecule has 5 nitrogen and oxygen atoms in total. The molecule has 1 saturated heterocycles. The zero-order chi connectivity index (χ0) is 17.4. The van der Waals surface area contributed by atoms with Crippen molar-refractivity contribution in [1.82, 2.24) is 10.2 Å². The van der Waals surface area contributed by atoms with E-state index < -0.39 is 0 Å². The van der Waals surface area contributed by atoms with Gasteiger partial charge in [-0.05, 0) is 36.8 Å². The number of carbonyl (C=O) groups is 1. The standard InChI is InChI=1S/C19H30N2O3/c1-3-15(2)17-6-4-5-7-18(17)24-14-19(23)20-10-13-21-11-8-16(22)9-12-21/h4-7,15-16,22H,3,8-14H2,1-2H3,(H,20,23). The lowest BCUT2D eigenvalue weighted by molar-refractivity contribution is -0.123. The van der Waals surface area contributed by atoms with Crippen LogP contribution in [0.1, 0.15) is 44.6 Å². The topological polar surface area (TPSA) is 61.8 Å². The molecule has 0 saturated carbocycles. The van der Waals surface area contributed by atoms with Crippen molar-refractivity contribution in [1.29, 1.82) is 0 Å². The molecule has 1 unspecified atom stereocenters. The summed E-state index contributed by atoms with van der Waals surface area (Å²) in [4.78, 5) is 14.2. The smallest absolute Gasteiger partial charge is 0.257 e. The Morgan fingerprint density at radius 1 is 1.38 bits per heavy atom. The number of nitrogens with zero attached hydrogens (tertiary/aromatic N) is 1. The fraction of sp³-hybridized carbons (Fsp3) is 0.632. The van der Waals surface area contributed by atoms with Crippen LogP contribution >= 0.6 is 0 Å². The highest BCUT2D eigenvalue weighted by atomic mass is 16.5. The third-order valence-corrected chi connectivity index (χ3v) is 4.73. The van der Waals surface area contributed by atoms with Gasteiger partial charge in [0.25, 0.3) is 5.91 Å². The summed E-state index contributed by atoms with van der Waals surface area (Å²) < 4.78 is 5.72. The zero-order valence-electron chi connectivity index (χ0n) is 14.8. The van der Waals surface area contributed by atoms with Crippen molar-refractivity contribution in [3.05, 3.63) is 29.8 Å². The lowest BCUT2D eigenvalue weighted by Gasteiger charge is -2.29. The highest BCUT2D eigenvalue weighted by molar-refractivity contribution is 5.77. The van der Waals surface area contributed by atoms with Crippen molar-refractivity contribution in [2.45, 2.75) is 45.1 Å². The van der Waals surface area contributed by atoms with Crippen LogP contribution in [0.15, 0.2) is 24.3 Å². The predicted molar refractivity (Wildman–Crippen MR) is 95.3 cm³/mol. The maximum Gasteiger partial charge on any atom is 0.257 e. The fourth-order valence-electron chi connectivity index (χ4n) is 2.93. The molecule has 1 heterocycles. The monoisotopic (exact) mass is 334 g/mol. The summed E-state index contributed by atoms with van der Waals surface area (Å²) in [5.74, 6) is 1.12. The zero-order valence-corrected chi connectivity index (χ0v) is 14.8. The molecule has 1 aromatic carbocycles. The number of hydrogen-bond donors (Lipinski definition) is 2. The van der Waals surface area contributed by atoms with Crippen molar-refractivity contribution >= 4 is 5.91 Å². The number of ether oxygens (including phenoxy) is 1. The largest absolute Gasteiger partial charge is 0.483 e. The molecule has 1 amide bonds. The maximum absolute atomic E-state index is 12.0. The van der Waals surface area contributed by atoms with E-state index in [9.17, 15) is 9.90 Å².